The van der Waals surface area contributed by atoms with Gasteiger partial charge < -0.3 is 4.55 Å². The van der Waals surface area contributed by atoms with Crippen LogP contribution in [-0.4, -0.2) is 13.0 Å². The van der Waals surface area contributed by atoms with Crippen molar-refractivity contribution >= 4 is 37.7 Å². The van der Waals surface area contributed by atoms with Crippen molar-refractivity contribution in [1.82, 2.24) is 0 Å². The molecule has 3 rings (SSSR count). The number of hydrogen-bond acceptors (Lipinski definition) is 3. The van der Waals surface area contributed by atoms with Gasteiger partial charge in [-0.25, -0.2) is 8.42 Å². The van der Waals surface area contributed by atoms with E-state index in [4.69, 9.17) is 0 Å². The third-order valence-electron chi connectivity index (χ3n) is 3.36. The van der Waals surface area contributed by atoms with Gasteiger partial charge >= 0.3 is 51.4 Å². The van der Waals surface area contributed by atoms with Crippen molar-refractivity contribution in [3.63, 3.8) is 0 Å². The fourth-order valence-electron chi connectivity index (χ4n) is 2.45. The average molecular weight is 322 g/mol. The Morgan fingerprint density at radius 3 is 2.14 bits per heavy atom. The first kappa shape index (κ1) is 16.8. The first-order valence-electron chi connectivity index (χ1n) is 6.04. The Morgan fingerprint density at radius 2 is 1.57 bits per heavy atom. The van der Waals surface area contributed by atoms with E-state index in [1.807, 2.05) is 36.4 Å². The maximum Gasteiger partial charge on any atom is 1.00 e. The molecule has 0 aliphatic rings. The van der Waals surface area contributed by atoms with Gasteiger partial charge in [0.15, 0.2) is 0 Å². The fourth-order valence-corrected chi connectivity index (χ4v) is 3.14. The van der Waals surface area contributed by atoms with E-state index in [2.05, 4.69) is 6.58 Å². The first-order valence-corrected chi connectivity index (χ1v) is 7.45. The van der Waals surface area contributed by atoms with Crippen LogP contribution in [0.2, 0.25) is 0 Å². The van der Waals surface area contributed by atoms with Crippen LogP contribution in [0.5, 0.6) is 0 Å². The van der Waals surface area contributed by atoms with Crippen LogP contribution in [-0.2, 0) is 10.1 Å². The van der Waals surface area contributed by atoms with E-state index < -0.39 is 10.1 Å². The molecule has 21 heavy (non-hydrogen) atoms. The summed E-state index contributed by atoms with van der Waals surface area (Å²) >= 11 is 0. The number of hydrogen-bond donors (Lipinski definition) is 0. The maximum atomic E-state index is 11.3. The summed E-state index contributed by atoms with van der Waals surface area (Å²) in [7, 11) is -4.51. The molecule has 0 atom stereocenters. The van der Waals surface area contributed by atoms with E-state index in [-0.39, 0.29) is 56.3 Å². The molecule has 100 valence electrons. The molecule has 0 aliphatic heterocycles. The summed E-state index contributed by atoms with van der Waals surface area (Å²) in [6.07, 6.45) is 1.42. The van der Waals surface area contributed by atoms with Crippen LogP contribution in [0.4, 0.5) is 0 Å². The van der Waals surface area contributed by atoms with E-state index in [1.54, 1.807) is 6.07 Å². The van der Waals surface area contributed by atoms with Gasteiger partial charge in [0, 0.05) is 0 Å². The zero-order valence-electron chi connectivity index (χ0n) is 11.5. The number of benzene rings is 3. The molecular formula is C16H11KO3S. The number of fused-ring (bicyclic) bond motifs is 2. The largest absolute Gasteiger partial charge is 1.00 e. The van der Waals surface area contributed by atoms with E-state index >= 15 is 0 Å². The van der Waals surface area contributed by atoms with Gasteiger partial charge in [0.05, 0.1) is 4.90 Å². The Bertz CT molecular complexity index is 946. The minimum atomic E-state index is -4.51. The smallest absolute Gasteiger partial charge is 0.744 e. The second-order valence-electron chi connectivity index (χ2n) is 4.56. The Hall–Kier alpha value is -0.534. The molecule has 3 aromatic carbocycles. The molecule has 0 aliphatic carbocycles. The third-order valence-corrected chi connectivity index (χ3v) is 4.26. The van der Waals surface area contributed by atoms with Crippen molar-refractivity contribution in [2.75, 3.05) is 0 Å². The molecule has 0 unspecified atom stereocenters. The van der Waals surface area contributed by atoms with Crippen LogP contribution in [0.3, 0.4) is 0 Å². The van der Waals surface area contributed by atoms with Crippen molar-refractivity contribution in [2.45, 2.75) is 4.90 Å². The Balaban J connectivity index is 0.00000161. The van der Waals surface area contributed by atoms with Gasteiger partial charge in [-0.15, -0.1) is 0 Å². The average Bonchev–Trinajstić information content (AvgIpc) is 2.42. The van der Waals surface area contributed by atoms with Gasteiger partial charge in [0.2, 0.25) is 0 Å². The van der Waals surface area contributed by atoms with E-state index in [9.17, 15) is 13.0 Å². The molecule has 0 N–H and O–H groups in total. The second kappa shape index (κ2) is 6.30. The van der Waals surface area contributed by atoms with Crippen molar-refractivity contribution in [2.24, 2.45) is 0 Å². The Morgan fingerprint density at radius 1 is 0.952 bits per heavy atom. The van der Waals surface area contributed by atoms with Gasteiger partial charge in [-0.3, -0.25) is 0 Å². The minimum absolute atomic E-state index is 0. The Labute approximate surface area is 165 Å². The summed E-state index contributed by atoms with van der Waals surface area (Å²) in [5.74, 6) is 0. The summed E-state index contributed by atoms with van der Waals surface area (Å²) < 4.78 is 33.9. The summed E-state index contributed by atoms with van der Waals surface area (Å²) in [5.41, 5.74) is 0.364. The van der Waals surface area contributed by atoms with Crippen LogP contribution in [0, 0.1) is 0 Å². The predicted octanol–water partition coefficient (Wildman–Crippen LogP) is 0.544. The molecule has 0 spiro atoms. The minimum Gasteiger partial charge on any atom is -0.744 e. The van der Waals surface area contributed by atoms with Crippen molar-refractivity contribution < 1.29 is 64.4 Å². The maximum absolute atomic E-state index is 11.3. The van der Waals surface area contributed by atoms with Gasteiger partial charge in [0.25, 0.3) is 0 Å². The molecule has 0 bridgehead atoms. The first-order chi connectivity index (χ1) is 9.50. The van der Waals surface area contributed by atoms with Gasteiger partial charge in [-0.1, -0.05) is 43.0 Å². The summed E-state index contributed by atoms with van der Waals surface area (Å²) in [5, 5.41) is 3.65. The molecule has 0 aromatic heterocycles. The zero-order chi connectivity index (χ0) is 14.3. The zero-order valence-corrected chi connectivity index (χ0v) is 15.5. The van der Waals surface area contributed by atoms with Crippen LogP contribution < -0.4 is 51.4 Å². The molecule has 0 amide bonds. The van der Waals surface area contributed by atoms with Crippen molar-refractivity contribution in [3.8, 4) is 0 Å². The summed E-state index contributed by atoms with van der Waals surface area (Å²) in [6, 6.07) is 14.6. The Kier molecular flexibility index (Phi) is 5.05. The summed E-state index contributed by atoms with van der Waals surface area (Å²) in [6.45, 7) is 3.63. The van der Waals surface area contributed by atoms with Gasteiger partial charge in [-0.2, -0.15) is 0 Å². The molecule has 3 aromatic rings. The van der Waals surface area contributed by atoms with Crippen LogP contribution in [0.15, 0.2) is 60.0 Å². The van der Waals surface area contributed by atoms with Crippen molar-refractivity contribution in [1.29, 1.82) is 0 Å². The molecule has 0 heterocycles. The fraction of sp³-hybridized carbons (Fsp3) is 0. The second-order valence-corrected chi connectivity index (χ2v) is 5.90. The van der Waals surface area contributed by atoms with E-state index in [0.717, 1.165) is 21.5 Å². The van der Waals surface area contributed by atoms with E-state index in [1.165, 1.54) is 12.1 Å². The third kappa shape index (κ3) is 3.14. The molecule has 0 saturated heterocycles. The van der Waals surface area contributed by atoms with Crippen LogP contribution >= 0.6 is 0 Å². The molecule has 3 nitrogen and oxygen atoms in total. The SMILES string of the molecule is C=Cc1c(S(=O)(=O)[O-])ccc2cc3ccccc3cc12.[K+]. The molecule has 5 heteroatoms. The quantitative estimate of drug-likeness (QED) is 0.393. The standard InChI is InChI=1S/C16H12O3S.K/c1-2-14-15-10-12-6-4-3-5-11(12)9-13(15)7-8-16(14)20(17,18)19;/h2-10H,1H2,(H,17,18,19);/q;+1/p-1. The molecular weight excluding hydrogens is 311 g/mol. The molecule has 0 fully saturated rings. The molecule has 0 radical (unpaired) electrons. The number of rotatable bonds is 2. The topological polar surface area (TPSA) is 57.2 Å². The van der Waals surface area contributed by atoms with Crippen LogP contribution in [0.25, 0.3) is 27.6 Å². The predicted molar refractivity (Wildman–Crippen MR) is 79.5 cm³/mol. The van der Waals surface area contributed by atoms with Crippen molar-refractivity contribution in [3.05, 3.63) is 60.7 Å². The van der Waals surface area contributed by atoms with Crippen LogP contribution in [0.1, 0.15) is 5.56 Å². The van der Waals surface area contributed by atoms with Gasteiger partial charge in [0.1, 0.15) is 10.1 Å². The monoisotopic (exact) mass is 322 g/mol. The van der Waals surface area contributed by atoms with Gasteiger partial charge in [-0.05, 0) is 45.3 Å². The normalized spacial score (nSPS) is 11.3. The molecule has 0 saturated carbocycles. The summed E-state index contributed by atoms with van der Waals surface area (Å²) in [4.78, 5) is -0.227. The van der Waals surface area contributed by atoms with E-state index in [0.29, 0.717) is 5.56 Å².